The molecule has 0 saturated heterocycles. The molecule has 3 heteroatoms. The van der Waals surface area contributed by atoms with Crippen LogP contribution in [0, 0.1) is 20.8 Å². The molecule has 0 N–H and O–H groups in total. The average molecular weight is 362 g/mol. The van der Waals surface area contributed by atoms with Crippen LogP contribution in [0.5, 0.6) is 0 Å². The summed E-state index contributed by atoms with van der Waals surface area (Å²) in [5.74, 6) is 0. The molecule has 0 bridgehead atoms. The van der Waals surface area contributed by atoms with Crippen LogP contribution in [-0.4, -0.2) is 22.1 Å². The van der Waals surface area contributed by atoms with Gasteiger partial charge in [-0.2, -0.15) is 0 Å². The van der Waals surface area contributed by atoms with Crippen molar-refractivity contribution in [2.24, 2.45) is 0 Å². The van der Waals surface area contributed by atoms with E-state index >= 15 is 0 Å². The van der Waals surface area contributed by atoms with Gasteiger partial charge in [-0.05, 0) is 63.3 Å². The normalized spacial score (nSPS) is 20.5. The van der Waals surface area contributed by atoms with Crippen molar-refractivity contribution in [3.05, 3.63) is 59.6 Å². The van der Waals surface area contributed by atoms with Crippen molar-refractivity contribution in [3.8, 4) is 11.3 Å². The Labute approximate surface area is 163 Å². The molecule has 0 radical (unpaired) electrons. The Hall–Kier alpha value is -2.29. The molecule has 3 nitrogen and oxygen atoms in total. The number of anilines is 1. The lowest BCUT2D eigenvalue weighted by Gasteiger charge is -2.37. The minimum atomic E-state index is 0.361. The van der Waals surface area contributed by atoms with Gasteiger partial charge in [-0.1, -0.05) is 37.5 Å². The first-order valence-corrected chi connectivity index (χ1v) is 10.3. The molecule has 1 aromatic heterocycles. The van der Waals surface area contributed by atoms with Gasteiger partial charge in [0.05, 0.1) is 17.6 Å². The van der Waals surface area contributed by atoms with E-state index in [4.69, 9.17) is 4.98 Å². The highest BCUT2D eigenvalue weighted by Gasteiger charge is 2.30. The smallest absolute Gasteiger partial charge is 0.103 e. The molecule has 27 heavy (non-hydrogen) atoms. The Balaban J connectivity index is 1.59. The van der Waals surface area contributed by atoms with Crippen LogP contribution in [0.3, 0.4) is 0 Å². The Morgan fingerprint density at radius 1 is 0.926 bits per heavy atom. The maximum atomic E-state index is 4.85. The van der Waals surface area contributed by atoms with Crippen molar-refractivity contribution < 1.29 is 0 Å². The zero-order chi connectivity index (χ0) is 19.0. The molecule has 0 amide bonds. The van der Waals surface area contributed by atoms with Crippen LogP contribution in [0.2, 0.25) is 0 Å². The van der Waals surface area contributed by atoms with Crippen molar-refractivity contribution in [2.75, 3.05) is 4.90 Å². The van der Waals surface area contributed by atoms with Gasteiger partial charge >= 0.3 is 0 Å². The zero-order valence-corrected chi connectivity index (χ0v) is 17.1. The molecule has 2 heterocycles. The summed E-state index contributed by atoms with van der Waals surface area (Å²) in [6.07, 6.45) is 13.7. The summed E-state index contributed by atoms with van der Waals surface area (Å²) in [5, 5.41) is 0. The van der Waals surface area contributed by atoms with Gasteiger partial charge in [-0.3, -0.25) is 4.98 Å². The van der Waals surface area contributed by atoms with E-state index < -0.39 is 0 Å². The summed E-state index contributed by atoms with van der Waals surface area (Å²) in [5.41, 5.74) is 7.41. The molecule has 2 aliphatic rings. The van der Waals surface area contributed by atoms with E-state index in [1.807, 2.05) is 0 Å². The van der Waals surface area contributed by atoms with Gasteiger partial charge in [-0.15, -0.1) is 0 Å². The molecule has 4 rings (SSSR count). The van der Waals surface area contributed by atoms with Crippen LogP contribution in [0.4, 0.5) is 5.69 Å². The van der Waals surface area contributed by atoms with Crippen molar-refractivity contribution >= 4 is 5.69 Å². The summed E-state index contributed by atoms with van der Waals surface area (Å²) >= 11 is 0. The molecule has 1 aromatic carbocycles. The molecule has 1 aliphatic carbocycles. The fraction of sp³-hybridized carbons (Fsp3) is 0.458. The van der Waals surface area contributed by atoms with Crippen LogP contribution in [0.1, 0.15) is 55.7 Å². The third-order valence-electron chi connectivity index (χ3n) is 6.33. The summed E-state index contributed by atoms with van der Waals surface area (Å²) in [6, 6.07) is 9.39. The second kappa shape index (κ2) is 7.38. The van der Waals surface area contributed by atoms with Crippen LogP contribution < -0.4 is 4.90 Å². The maximum Gasteiger partial charge on any atom is 0.103 e. The SMILES string of the molecule is Cc1cc(-c2c(C)cccc2C)ncc1N1C=CN(C2CCCCC2)[C@H]1C. The second-order valence-electron chi connectivity index (χ2n) is 8.20. The highest BCUT2D eigenvalue weighted by Crippen LogP contribution is 2.34. The lowest BCUT2D eigenvalue weighted by Crippen LogP contribution is -2.43. The van der Waals surface area contributed by atoms with Crippen LogP contribution >= 0.6 is 0 Å². The zero-order valence-electron chi connectivity index (χ0n) is 17.1. The maximum absolute atomic E-state index is 4.85. The molecule has 142 valence electrons. The highest BCUT2D eigenvalue weighted by atomic mass is 15.4. The van der Waals surface area contributed by atoms with Crippen LogP contribution in [-0.2, 0) is 0 Å². The molecule has 2 aromatic rings. The standard InChI is InChI=1S/C24H31N3/c1-17-9-8-10-18(2)24(17)22-15-19(3)23(16-25-22)27-14-13-26(20(27)4)21-11-6-5-7-12-21/h8-10,13-16,20-21H,5-7,11-12H2,1-4H3/t20-/m1/s1. The molecule has 1 atom stereocenters. The molecule has 1 saturated carbocycles. The molecule has 1 aliphatic heterocycles. The van der Waals surface area contributed by atoms with Crippen LogP contribution in [0.15, 0.2) is 42.9 Å². The number of rotatable bonds is 3. The van der Waals surface area contributed by atoms with Gasteiger partial charge in [0.15, 0.2) is 0 Å². The van der Waals surface area contributed by atoms with Crippen molar-refractivity contribution in [1.82, 2.24) is 9.88 Å². The van der Waals surface area contributed by atoms with E-state index in [-0.39, 0.29) is 0 Å². The lowest BCUT2D eigenvalue weighted by atomic mass is 9.94. The fourth-order valence-electron chi connectivity index (χ4n) is 4.80. The van der Waals surface area contributed by atoms with E-state index in [1.54, 1.807) is 0 Å². The highest BCUT2D eigenvalue weighted by molar-refractivity contribution is 5.70. The first-order valence-electron chi connectivity index (χ1n) is 10.3. The summed E-state index contributed by atoms with van der Waals surface area (Å²) < 4.78 is 0. The molecule has 1 fully saturated rings. The Bertz CT molecular complexity index is 828. The first kappa shape index (κ1) is 18.1. The van der Waals surface area contributed by atoms with E-state index in [0.29, 0.717) is 12.2 Å². The van der Waals surface area contributed by atoms with Gasteiger partial charge in [-0.25, -0.2) is 0 Å². The number of pyridine rings is 1. The topological polar surface area (TPSA) is 19.4 Å². The second-order valence-corrected chi connectivity index (χ2v) is 8.20. The van der Waals surface area contributed by atoms with Gasteiger partial charge in [0.2, 0.25) is 0 Å². The Kier molecular flexibility index (Phi) is 4.94. The third kappa shape index (κ3) is 3.36. The summed E-state index contributed by atoms with van der Waals surface area (Å²) in [7, 11) is 0. The number of aryl methyl sites for hydroxylation is 3. The van der Waals surface area contributed by atoms with E-state index in [2.05, 4.69) is 80.4 Å². The molecular formula is C24H31N3. The van der Waals surface area contributed by atoms with Gasteiger partial charge in [0.1, 0.15) is 6.17 Å². The number of nitrogens with zero attached hydrogens (tertiary/aromatic N) is 3. The molecule has 0 spiro atoms. The summed E-state index contributed by atoms with van der Waals surface area (Å²) in [4.78, 5) is 9.79. The van der Waals surface area contributed by atoms with E-state index in [0.717, 1.165) is 5.69 Å². The molecule has 0 unspecified atom stereocenters. The summed E-state index contributed by atoms with van der Waals surface area (Å²) in [6.45, 7) is 8.85. The van der Waals surface area contributed by atoms with Crippen LogP contribution in [0.25, 0.3) is 11.3 Å². The van der Waals surface area contributed by atoms with Crippen molar-refractivity contribution in [2.45, 2.75) is 72.0 Å². The van der Waals surface area contributed by atoms with Gasteiger partial charge in [0.25, 0.3) is 0 Å². The molecular weight excluding hydrogens is 330 g/mol. The number of hydrogen-bond donors (Lipinski definition) is 0. The average Bonchev–Trinajstić information content (AvgIpc) is 3.04. The Morgan fingerprint density at radius 3 is 2.30 bits per heavy atom. The fourth-order valence-corrected chi connectivity index (χ4v) is 4.80. The van der Waals surface area contributed by atoms with Gasteiger partial charge in [0, 0.05) is 24.0 Å². The lowest BCUT2D eigenvalue weighted by molar-refractivity contribution is 0.187. The number of benzene rings is 1. The van der Waals surface area contributed by atoms with E-state index in [9.17, 15) is 0 Å². The number of aromatic nitrogens is 1. The third-order valence-corrected chi connectivity index (χ3v) is 6.33. The first-order chi connectivity index (χ1) is 13.1. The predicted octanol–water partition coefficient (Wildman–Crippen LogP) is 5.95. The van der Waals surface area contributed by atoms with Gasteiger partial charge < -0.3 is 9.80 Å². The number of hydrogen-bond acceptors (Lipinski definition) is 3. The monoisotopic (exact) mass is 361 g/mol. The largest absolute Gasteiger partial charge is 0.353 e. The minimum absolute atomic E-state index is 0.361. The van der Waals surface area contributed by atoms with Crippen molar-refractivity contribution in [3.63, 3.8) is 0 Å². The quantitative estimate of drug-likeness (QED) is 0.674. The predicted molar refractivity (Wildman–Crippen MR) is 114 cm³/mol. The minimum Gasteiger partial charge on any atom is -0.353 e. The Morgan fingerprint density at radius 2 is 1.63 bits per heavy atom. The van der Waals surface area contributed by atoms with E-state index in [1.165, 1.54) is 60.0 Å². The van der Waals surface area contributed by atoms with Crippen molar-refractivity contribution in [1.29, 1.82) is 0 Å².